The van der Waals surface area contributed by atoms with Gasteiger partial charge in [-0.05, 0) is 24.6 Å². The van der Waals surface area contributed by atoms with E-state index >= 15 is 0 Å². The number of hydrogen-bond acceptors (Lipinski definition) is 3. The zero-order valence-corrected chi connectivity index (χ0v) is 11.2. The van der Waals surface area contributed by atoms with Crippen LogP contribution >= 0.6 is 11.6 Å². The second-order valence-electron chi connectivity index (χ2n) is 3.69. The van der Waals surface area contributed by atoms with E-state index in [9.17, 15) is 17.6 Å². The fourth-order valence-corrected chi connectivity index (χ4v) is 2.96. The largest absolute Gasteiger partial charge is 0.480 e. The molecule has 18 heavy (non-hydrogen) atoms. The van der Waals surface area contributed by atoms with E-state index in [0.717, 1.165) is 19.2 Å². The second-order valence-corrected chi connectivity index (χ2v) is 6.11. The molecule has 0 saturated heterocycles. The highest BCUT2D eigenvalue weighted by Crippen LogP contribution is 2.26. The summed E-state index contributed by atoms with van der Waals surface area (Å²) in [6.07, 6.45) is 0. The van der Waals surface area contributed by atoms with Crippen molar-refractivity contribution in [2.45, 2.75) is 11.8 Å². The molecule has 0 unspecified atom stereocenters. The van der Waals surface area contributed by atoms with Crippen LogP contribution in [0, 0.1) is 12.7 Å². The van der Waals surface area contributed by atoms with Gasteiger partial charge in [0.1, 0.15) is 17.3 Å². The van der Waals surface area contributed by atoms with Gasteiger partial charge in [0.25, 0.3) is 0 Å². The Kier molecular flexibility index (Phi) is 4.31. The van der Waals surface area contributed by atoms with Gasteiger partial charge < -0.3 is 5.11 Å². The third kappa shape index (κ3) is 2.98. The first kappa shape index (κ1) is 14.9. The molecule has 0 atom stereocenters. The molecule has 0 aliphatic carbocycles. The topological polar surface area (TPSA) is 74.7 Å². The van der Waals surface area contributed by atoms with E-state index in [2.05, 4.69) is 0 Å². The van der Waals surface area contributed by atoms with Crippen LogP contribution in [0.2, 0.25) is 5.02 Å². The van der Waals surface area contributed by atoms with Crippen molar-refractivity contribution in [3.63, 3.8) is 0 Å². The minimum atomic E-state index is -4.05. The van der Waals surface area contributed by atoms with Crippen LogP contribution in [-0.2, 0) is 14.8 Å². The molecule has 0 spiro atoms. The maximum atomic E-state index is 13.2. The summed E-state index contributed by atoms with van der Waals surface area (Å²) in [4.78, 5) is 10.2. The molecule has 1 rings (SSSR count). The summed E-state index contributed by atoms with van der Waals surface area (Å²) in [5, 5.41) is 8.28. The molecule has 0 aliphatic heterocycles. The molecule has 8 heteroatoms. The standard InChI is InChI=1S/C10H11ClFNO4S/c1-6-3-9(7(11)4-8(6)12)18(16,17)13(2)5-10(14)15/h3-4H,5H2,1-2H3,(H,14,15). The molecule has 5 nitrogen and oxygen atoms in total. The molecule has 1 N–H and O–H groups in total. The summed E-state index contributed by atoms with van der Waals surface area (Å²) < 4.78 is 37.8. The normalized spacial score (nSPS) is 11.8. The van der Waals surface area contributed by atoms with E-state index in [0.29, 0.717) is 4.31 Å². The number of carbonyl (C=O) groups is 1. The summed E-state index contributed by atoms with van der Waals surface area (Å²) in [7, 11) is -2.94. The molecule has 0 aromatic heterocycles. The second kappa shape index (κ2) is 5.21. The van der Waals surface area contributed by atoms with Crippen molar-refractivity contribution < 1.29 is 22.7 Å². The quantitative estimate of drug-likeness (QED) is 0.913. The van der Waals surface area contributed by atoms with Crippen LogP contribution < -0.4 is 0 Å². The number of likely N-dealkylation sites (N-methyl/N-ethyl adjacent to an activating group) is 1. The van der Waals surface area contributed by atoms with Gasteiger partial charge in [-0.1, -0.05) is 11.6 Å². The van der Waals surface area contributed by atoms with Crippen molar-refractivity contribution in [2.75, 3.05) is 13.6 Å². The van der Waals surface area contributed by atoms with Gasteiger partial charge in [0, 0.05) is 7.05 Å². The van der Waals surface area contributed by atoms with E-state index in [1.54, 1.807) is 0 Å². The Morgan fingerprint density at radius 3 is 2.56 bits per heavy atom. The number of carboxylic acids is 1. The van der Waals surface area contributed by atoms with Crippen molar-refractivity contribution in [3.8, 4) is 0 Å². The highest BCUT2D eigenvalue weighted by molar-refractivity contribution is 7.89. The molecule has 0 bridgehead atoms. The minimum absolute atomic E-state index is 0.113. The van der Waals surface area contributed by atoms with E-state index in [4.69, 9.17) is 16.7 Å². The fourth-order valence-electron chi connectivity index (χ4n) is 1.27. The smallest absolute Gasteiger partial charge is 0.318 e. The Hall–Kier alpha value is -1.18. The molecule has 100 valence electrons. The molecule has 0 saturated carbocycles. The number of sulfonamides is 1. The zero-order chi connectivity index (χ0) is 14.1. The van der Waals surface area contributed by atoms with Gasteiger partial charge in [-0.2, -0.15) is 4.31 Å². The molecule has 1 aromatic carbocycles. The number of aryl methyl sites for hydroxylation is 1. The lowest BCUT2D eigenvalue weighted by atomic mass is 10.2. The number of benzene rings is 1. The monoisotopic (exact) mass is 295 g/mol. The Morgan fingerprint density at radius 2 is 2.06 bits per heavy atom. The lowest BCUT2D eigenvalue weighted by Crippen LogP contribution is -2.32. The number of rotatable bonds is 4. The van der Waals surface area contributed by atoms with Crippen molar-refractivity contribution in [2.24, 2.45) is 0 Å². The number of carboxylic acid groups (broad SMARTS) is 1. The van der Waals surface area contributed by atoms with Crippen LogP contribution in [0.25, 0.3) is 0 Å². The molecule has 0 fully saturated rings. The average Bonchev–Trinajstić information content (AvgIpc) is 2.22. The van der Waals surface area contributed by atoms with Crippen molar-refractivity contribution in [1.82, 2.24) is 4.31 Å². The molecule has 0 aliphatic rings. The van der Waals surface area contributed by atoms with Crippen LogP contribution in [0.3, 0.4) is 0 Å². The highest BCUT2D eigenvalue weighted by atomic mass is 35.5. The van der Waals surface area contributed by atoms with E-state index in [1.807, 2.05) is 0 Å². The predicted octanol–water partition coefficient (Wildman–Crippen LogP) is 1.49. The Balaban J connectivity index is 3.29. The third-order valence-corrected chi connectivity index (χ3v) is 4.53. The average molecular weight is 296 g/mol. The van der Waals surface area contributed by atoms with Crippen molar-refractivity contribution in [3.05, 3.63) is 28.5 Å². The van der Waals surface area contributed by atoms with Crippen molar-refractivity contribution in [1.29, 1.82) is 0 Å². The highest BCUT2D eigenvalue weighted by Gasteiger charge is 2.26. The predicted molar refractivity (Wildman–Crippen MR) is 63.6 cm³/mol. The van der Waals surface area contributed by atoms with Gasteiger partial charge in [0.2, 0.25) is 10.0 Å². The summed E-state index contributed by atoms with van der Waals surface area (Å²) in [6.45, 7) is 0.691. The summed E-state index contributed by atoms with van der Waals surface area (Å²) >= 11 is 5.67. The van der Waals surface area contributed by atoms with Crippen LogP contribution in [-0.4, -0.2) is 37.4 Å². The molecule has 1 aromatic rings. The Labute approximate surface area is 109 Å². The molecular weight excluding hydrogens is 285 g/mol. The number of aliphatic carboxylic acids is 1. The van der Waals surface area contributed by atoms with Gasteiger partial charge in [0.15, 0.2) is 0 Å². The lowest BCUT2D eigenvalue weighted by Gasteiger charge is -2.16. The van der Waals surface area contributed by atoms with Crippen LogP contribution in [0.15, 0.2) is 17.0 Å². The number of nitrogens with zero attached hydrogens (tertiary/aromatic N) is 1. The number of halogens is 2. The van der Waals surface area contributed by atoms with Crippen LogP contribution in [0.1, 0.15) is 5.56 Å². The summed E-state index contributed by atoms with van der Waals surface area (Å²) in [6, 6.07) is 1.96. The molecule has 0 amide bonds. The first-order chi connectivity index (χ1) is 8.16. The van der Waals surface area contributed by atoms with Gasteiger partial charge in [-0.15, -0.1) is 0 Å². The SMILES string of the molecule is Cc1cc(S(=O)(=O)N(C)CC(=O)O)c(Cl)cc1F. The van der Waals surface area contributed by atoms with Gasteiger partial charge >= 0.3 is 5.97 Å². The van der Waals surface area contributed by atoms with Crippen LogP contribution in [0.5, 0.6) is 0 Å². The van der Waals surface area contributed by atoms with Gasteiger partial charge in [-0.25, -0.2) is 12.8 Å². The maximum Gasteiger partial charge on any atom is 0.318 e. The number of hydrogen-bond donors (Lipinski definition) is 1. The summed E-state index contributed by atoms with van der Waals surface area (Å²) in [5.74, 6) is -1.92. The van der Waals surface area contributed by atoms with Crippen LogP contribution in [0.4, 0.5) is 4.39 Å². The Bertz CT molecular complexity index is 588. The first-order valence-corrected chi connectivity index (χ1v) is 6.62. The summed E-state index contributed by atoms with van der Waals surface area (Å²) in [5.41, 5.74) is 0.113. The maximum absolute atomic E-state index is 13.2. The first-order valence-electron chi connectivity index (χ1n) is 4.80. The van der Waals surface area contributed by atoms with E-state index in [-0.39, 0.29) is 15.5 Å². The fraction of sp³-hybridized carbons (Fsp3) is 0.300. The van der Waals surface area contributed by atoms with Crippen molar-refractivity contribution >= 4 is 27.6 Å². The molecular formula is C10H11ClFNO4S. The van der Waals surface area contributed by atoms with E-state index < -0.39 is 28.4 Å². The minimum Gasteiger partial charge on any atom is -0.480 e. The molecule has 0 radical (unpaired) electrons. The lowest BCUT2D eigenvalue weighted by molar-refractivity contribution is -0.137. The molecule has 0 heterocycles. The Morgan fingerprint density at radius 1 is 1.50 bits per heavy atom. The van der Waals surface area contributed by atoms with E-state index in [1.165, 1.54) is 6.92 Å². The van der Waals surface area contributed by atoms with Gasteiger partial charge in [-0.3, -0.25) is 4.79 Å². The zero-order valence-electron chi connectivity index (χ0n) is 9.65. The van der Waals surface area contributed by atoms with Gasteiger partial charge in [0.05, 0.1) is 5.02 Å². The third-order valence-electron chi connectivity index (χ3n) is 2.26.